The summed E-state index contributed by atoms with van der Waals surface area (Å²) in [4.78, 5) is 26.3. The Morgan fingerprint density at radius 2 is 1.77 bits per heavy atom. The standard InChI is InChI=1S/C22H25NO3/c1-16(24)19-8-9-21(26-2)20(14-19)15-22(25)23-12-10-18(11-13-23)17-6-4-3-5-7-17/h3-9,14,18H,10-13,15H2,1-2H3. The zero-order chi connectivity index (χ0) is 18.5. The lowest BCUT2D eigenvalue weighted by molar-refractivity contribution is -0.131. The van der Waals surface area contributed by atoms with Crippen molar-refractivity contribution < 1.29 is 14.3 Å². The van der Waals surface area contributed by atoms with E-state index >= 15 is 0 Å². The topological polar surface area (TPSA) is 46.6 Å². The van der Waals surface area contributed by atoms with Gasteiger partial charge in [0.1, 0.15) is 5.75 Å². The number of hydrogen-bond donors (Lipinski definition) is 0. The lowest BCUT2D eigenvalue weighted by atomic mass is 9.89. The van der Waals surface area contributed by atoms with Crippen molar-refractivity contribution in [2.75, 3.05) is 20.2 Å². The van der Waals surface area contributed by atoms with Crippen molar-refractivity contribution in [2.24, 2.45) is 0 Å². The fourth-order valence-corrected chi connectivity index (χ4v) is 3.60. The molecule has 1 aliphatic heterocycles. The first-order valence-electron chi connectivity index (χ1n) is 9.09. The van der Waals surface area contributed by atoms with Crippen LogP contribution in [0.25, 0.3) is 0 Å². The molecule has 0 spiro atoms. The fourth-order valence-electron chi connectivity index (χ4n) is 3.60. The molecule has 4 nitrogen and oxygen atoms in total. The summed E-state index contributed by atoms with van der Waals surface area (Å²) < 4.78 is 5.36. The number of carbonyl (C=O) groups excluding carboxylic acids is 2. The van der Waals surface area contributed by atoms with E-state index in [0.717, 1.165) is 31.5 Å². The summed E-state index contributed by atoms with van der Waals surface area (Å²) in [5.41, 5.74) is 2.74. The van der Waals surface area contributed by atoms with Gasteiger partial charge in [-0.05, 0) is 49.4 Å². The summed E-state index contributed by atoms with van der Waals surface area (Å²) in [7, 11) is 1.59. The van der Waals surface area contributed by atoms with Crippen LogP contribution in [-0.4, -0.2) is 36.8 Å². The lowest BCUT2D eigenvalue weighted by Gasteiger charge is -2.32. The molecule has 1 heterocycles. The number of piperidine rings is 1. The highest BCUT2D eigenvalue weighted by atomic mass is 16.5. The van der Waals surface area contributed by atoms with E-state index in [1.54, 1.807) is 25.3 Å². The molecule has 3 rings (SSSR count). The first-order valence-corrected chi connectivity index (χ1v) is 9.09. The van der Waals surface area contributed by atoms with Gasteiger partial charge in [-0.15, -0.1) is 0 Å². The van der Waals surface area contributed by atoms with Crippen molar-refractivity contribution in [2.45, 2.75) is 32.1 Å². The van der Waals surface area contributed by atoms with E-state index in [1.807, 2.05) is 11.0 Å². The summed E-state index contributed by atoms with van der Waals surface area (Å²) >= 11 is 0. The van der Waals surface area contributed by atoms with Gasteiger partial charge in [-0.3, -0.25) is 9.59 Å². The van der Waals surface area contributed by atoms with Crippen LogP contribution in [0.5, 0.6) is 5.75 Å². The van der Waals surface area contributed by atoms with Gasteiger partial charge in [0.05, 0.1) is 13.5 Å². The maximum Gasteiger partial charge on any atom is 0.227 e. The summed E-state index contributed by atoms with van der Waals surface area (Å²) in [5, 5.41) is 0. The van der Waals surface area contributed by atoms with Gasteiger partial charge in [0.2, 0.25) is 5.91 Å². The number of nitrogens with zero attached hydrogens (tertiary/aromatic N) is 1. The third-order valence-corrected chi connectivity index (χ3v) is 5.15. The second-order valence-corrected chi connectivity index (χ2v) is 6.83. The van der Waals surface area contributed by atoms with E-state index in [4.69, 9.17) is 4.74 Å². The smallest absolute Gasteiger partial charge is 0.227 e. The molecule has 0 N–H and O–H groups in total. The quantitative estimate of drug-likeness (QED) is 0.769. The normalized spacial score (nSPS) is 14.9. The molecule has 1 saturated heterocycles. The number of Topliss-reactive ketones (excluding diaryl/α,β-unsaturated/α-hetero) is 1. The van der Waals surface area contributed by atoms with Gasteiger partial charge in [-0.25, -0.2) is 0 Å². The van der Waals surface area contributed by atoms with Crippen LogP contribution in [0.3, 0.4) is 0 Å². The Labute approximate surface area is 154 Å². The molecule has 1 fully saturated rings. The third kappa shape index (κ3) is 4.13. The van der Waals surface area contributed by atoms with Gasteiger partial charge in [0, 0.05) is 24.2 Å². The highest BCUT2D eigenvalue weighted by molar-refractivity contribution is 5.94. The molecule has 2 aromatic carbocycles. The van der Waals surface area contributed by atoms with Crippen molar-refractivity contribution in [1.82, 2.24) is 4.90 Å². The minimum Gasteiger partial charge on any atom is -0.496 e. The van der Waals surface area contributed by atoms with Gasteiger partial charge < -0.3 is 9.64 Å². The molecular weight excluding hydrogens is 326 g/mol. The SMILES string of the molecule is COc1ccc(C(C)=O)cc1CC(=O)N1CCC(c2ccccc2)CC1. The van der Waals surface area contributed by atoms with Crippen molar-refractivity contribution >= 4 is 11.7 Å². The summed E-state index contributed by atoms with van der Waals surface area (Å²) in [5.74, 6) is 1.26. The predicted molar refractivity (Wildman–Crippen MR) is 102 cm³/mol. The molecule has 0 unspecified atom stereocenters. The van der Waals surface area contributed by atoms with Crippen LogP contribution in [0.15, 0.2) is 48.5 Å². The summed E-state index contributed by atoms with van der Waals surface area (Å²) in [6.45, 7) is 3.07. The number of methoxy groups -OCH3 is 1. The molecule has 0 radical (unpaired) electrons. The van der Waals surface area contributed by atoms with Gasteiger partial charge in [0.15, 0.2) is 5.78 Å². The van der Waals surface area contributed by atoms with E-state index in [9.17, 15) is 9.59 Å². The Balaban J connectivity index is 1.64. The molecule has 1 aliphatic rings. The Morgan fingerprint density at radius 3 is 2.38 bits per heavy atom. The minimum atomic E-state index is -0.00923. The van der Waals surface area contributed by atoms with Gasteiger partial charge >= 0.3 is 0 Å². The fraction of sp³-hybridized carbons (Fsp3) is 0.364. The van der Waals surface area contributed by atoms with Crippen LogP contribution in [0.2, 0.25) is 0 Å². The van der Waals surface area contributed by atoms with Crippen molar-refractivity contribution in [3.8, 4) is 5.75 Å². The number of carbonyl (C=O) groups is 2. The largest absolute Gasteiger partial charge is 0.496 e. The van der Waals surface area contributed by atoms with Gasteiger partial charge in [0.25, 0.3) is 0 Å². The van der Waals surface area contributed by atoms with E-state index in [0.29, 0.717) is 17.2 Å². The highest BCUT2D eigenvalue weighted by Gasteiger charge is 2.24. The Kier molecular flexibility index (Phi) is 5.71. The molecule has 0 saturated carbocycles. The van der Waals surface area contributed by atoms with Crippen LogP contribution in [0, 0.1) is 0 Å². The summed E-state index contributed by atoms with van der Waals surface area (Å²) in [6.07, 6.45) is 2.24. The molecule has 0 bridgehead atoms. The van der Waals surface area contributed by atoms with Crippen LogP contribution >= 0.6 is 0 Å². The Hall–Kier alpha value is -2.62. The van der Waals surface area contributed by atoms with Crippen molar-refractivity contribution in [3.63, 3.8) is 0 Å². The molecule has 4 heteroatoms. The van der Waals surface area contributed by atoms with E-state index in [-0.39, 0.29) is 18.1 Å². The zero-order valence-electron chi connectivity index (χ0n) is 15.4. The van der Waals surface area contributed by atoms with Crippen LogP contribution in [0.4, 0.5) is 0 Å². The molecule has 136 valence electrons. The average molecular weight is 351 g/mol. The molecule has 1 amide bonds. The number of likely N-dealkylation sites (tertiary alicyclic amines) is 1. The van der Waals surface area contributed by atoms with Crippen LogP contribution < -0.4 is 4.74 Å². The highest BCUT2D eigenvalue weighted by Crippen LogP contribution is 2.28. The number of ketones is 1. The number of amides is 1. The number of benzene rings is 2. The molecule has 2 aromatic rings. The number of hydrogen-bond acceptors (Lipinski definition) is 3. The monoisotopic (exact) mass is 351 g/mol. The molecule has 0 atom stereocenters. The predicted octanol–water partition coefficient (Wildman–Crippen LogP) is 3.85. The second kappa shape index (κ2) is 8.17. The Morgan fingerprint density at radius 1 is 1.08 bits per heavy atom. The number of ether oxygens (including phenoxy) is 1. The first-order chi connectivity index (χ1) is 12.6. The van der Waals surface area contributed by atoms with Crippen molar-refractivity contribution in [3.05, 3.63) is 65.2 Å². The average Bonchev–Trinajstić information content (AvgIpc) is 2.68. The maximum atomic E-state index is 12.7. The summed E-state index contributed by atoms with van der Waals surface area (Å²) in [6, 6.07) is 15.8. The third-order valence-electron chi connectivity index (χ3n) is 5.15. The van der Waals surface area contributed by atoms with Crippen LogP contribution in [-0.2, 0) is 11.2 Å². The maximum absolute atomic E-state index is 12.7. The van der Waals surface area contributed by atoms with Gasteiger partial charge in [-0.2, -0.15) is 0 Å². The molecule has 0 aromatic heterocycles. The first kappa shape index (κ1) is 18.2. The zero-order valence-corrected chi connectivity index (χ0v) is 15.4. The van der Waals surface area contributed by atoms with Crippen LogP contribution in [0.1, 0.15) is 47.2 Å². The van der Waals surface area contributed by atoms with Gasteiger partial charge in [-0.1, -0.05) is 30.3 Å². The van der Waals surface area contributed by atoms with Crippen molar-refractivity contribution in [1.29, 1.82) is 0 Å². The van der Waals surface area contributed by atoms with E-state index in [1.165, 1.54) is 12.5 Å². The molecule has 0 aliphatic carbocycles. The Bertz CT molecular complexity index is 777. The lowest BCUT2D eigenvalue weighted by Crippen LogP contribution is -2.38. The second-order valence-electron chi connectivity index (χ2n) is 6.83. The van der Waals surface area contributed by atoms with E-state index in [2.05, 4.69) is 24.3 Å². The molecule has 26 heavy (non-hydrogen) atoms. The number of rotatable bonds is 5. The minimum absolute atomic E-state index is 0.00923. The molecular formula is C22H25NO3. The van der Waals surface area contributed by atoms with E-state index < -0.39 is 0 Å².